The average molecular weight is 305 g/mol. The molecule has 2 heteroatoms. The maximum absolute atomic E-state index is 5.81. The molecular weight excluding hydrogens is 282 g/mol. The molecule has 2 aromatic rings. The van der Waals surface area contributed by atoms with Crippen LogP contribution in [0.25, 0.3) is 0 Å². The van der Waals surface area contributed by atoms with Gasteiger partial charge < -0.3 is 9.64 Å². The SMILES string of the molecule is C#CC(c1ccccc1)c1ccc(N2CC(C)OC(C)C2)cc1. The molecule has 3 atom stereocenters. The Morgan fingerprint density at radius 3 is 2.09 bits per heavy atom. The number of hydrogen-bond acceptors (Lipinski definition) is 2. The fourth-order valence-electron chi connectivity index (χ4n) is 3.30. The molecule has 23 heavy (non-hydrogen) atoms. The molecule has 3 unspecified atom stereocenters. The Morgan fingerprint density at radius 1 is 0.957 bits per heavy atom. The third-order valence-corrected chi connectivity index (χ3v) is 4.31. The number of nitrogens with zero attached hydrogens (tertiary/aromatic N) is 1. The number of morpholine rings is 1. The van der Waals surface area contributed by atoms with Gasteiger partial charge in [0.25, 0.3) is 0 Å². The van der Waals surface area contributed by atoms with Gasteiger partial charge in [-0.3, -0.25) is 0 Å². The second-order valence-corrected chi connectivity index (χ2v) is 6.26. The van der Waals surface area contributed by atoms with Crippen LogP contribution in [0.3, 0.4) is 0 Å². The maximum Gasteiger partial charge on any atom is 0.0726 e. The van der Waals surface area contributed by atoms with Crippen molar-refractivity contribution >= 4 is 5.69 Å². The normalized spacial score (nSPS) is 22.4. The molecule has 3 rings (SSSR count). The molecule has 0 amide bonds. The second kappa shape index (κ2) is 6.89. The van der Waals surface area contributed by atoms with Crippen LogP contribution in [0.15, 0.2) is 54.6 Å². The predicted molar refractivity (Wildman–Crippen MR) is 95.8 cm³/mol. The summed E-state index contributed by atoms with van der Waals surface area (Å²) in [7, 11) is 0. The molecule has 0 aromatic heterocycles. The zero-order valence-electron chi connectivity index (χ0n) is 13.8. The Morgan fingerprint density at radius 2 is 1.52 bits per heavy atom. The van der Waals surface area contributed by atoms with Crippen molar-refractivity contribution in [2.24, 2.45) is 0 Å². The van der Waals surface area contributed by atoms with Gasteiger partial charge in [0.15, 0.2) is 0 Å². The molecule has 2 nitrogen and oxygen atoms in total. The van der Waals surface area contributed by atoms with E-state index in [4.69, 9.17) is 11.2 Å². The summed E-state index contributed by atoms with van der Waals surface area (Å²) in [6, 6.07) is 18.9. The third kappa shape index (κ3) is 3.57. The molecule has 2 aromatic carbocycles. The van der Waals surface area contributed by atoms with Gasteiger partial charge in [-0.2, -0.15) is 0 Å². The van der Waals surface area contributed by atoms with Gasteiger partial charge in [0.05, 0.1) is 18.1 Å². The van der Waals surface area contributed by atoms with E-state index in [1.54, 1.807) is 0 Å². The molecule has 1 aliphatic heterocycles. The minimum atomic E-state index is 0.00721. The van der Waals surface area contributed by atoms with Gasteiger partial charge >= 0.3 is 0 Å². The van der Waals surface area contributed by atoms with Crippen LogP contribution in [0.1, 0.15) is 30.9 Å². The van der Waals surface area contributed by atoms with Gasteiger partial charge in [-0.15, -0.1) is 6.42 Å². The first kappa shape index (κ1) is 15.6. The average Bonchev–Trinajstić information content (AvgIpc) is 2.56. The van der Waals surface area contributed by atoms with E-state index in [1.807, 2.05) is 18.2 Å². The summed E-state index contributed by atoms with van der Waals surface area (Å²) >= 11 is 0. The Labute approximate surface area is 139 Å². The monoisotopic (exact) mass is 305 g/mol. The smallest absolute Gasteiger partial charge is 0.0726 e. The molecule has 118 valence electrons. The molecule has 1 fully saturated rings. The van der Waals surface area contributed by atoms with E-state index < -0.39 is 0 Å². The fraction of sp³-hybridized carbons (Fsp3) is 0.333. The van der Waals surface area contributed by atoms with E-state index in [1.165, 1.54) is 5.69 Å². The van der Waals surface area contributed by atoms with Crippen molar-refractivity contribution < 1.29 is 4.74 Å². The van der Waals surface area contributed by atoms with Gasteiger partial charge in [0, 0.05) is 18.8 Å². The third-order valence-electron chi connectivity index (χ3n) is 4.31. The Kier molecular flexibility index (Phi) is 4.69. The first-order chi connectivity index (χ1) is 11.2. The predicted octanol–water partition coefficient (Wildman–Crippen LogP) is 4.07. The van der Waals surface area contributed by atoms with E-state index in [0.29, 0.717) is 0 Å². The quantitative estimate of drug-likeness (QED) is 0.793. The number of ether oxygens (including phenoxy) is 1. The molecule has 0 bridgehead atoms. The standard InChI is InChI=1S/C21H23NO/c1-4-21(18-8-6-5-7-9-18)19-10-12-20(13-11-19)22-14-16(2)23-17(3)15-22/h1,5-13,16-17,21H,14-15H2,2-3H3. The largest absolute Gasteiger partial charge is 0.372 e. The summed E-state index contributed by atoms with van der Waals surface area (Å²) < 4.78 is 5.81. The summed E-state index contributed by atoms with van der Waals surface area (Å²) in [6.07, 6.45) is 6.31. The van der Waals surface area contributed by atoms with E-state index in [2.05, 4.69) is 61.1 Å². The van der Waals surface area contributed by atoms with Crippen LogP contribution < -0.4 is 4.90 Å². The lowest BCUT2D eigenvalue weighted by atomic mass is 9.92. The Bertz CT molecular complexity index is 661. The van der Waals surface area contributed by atoms with Crippen LogP contribution in [0.2, 0.25) is 0 Å². The van der Waals surface area contributed by atoms with Gasteiger partial charge in [-0.25, -0.2) is 0 Å². The van der Waals surface area contributed by atoms with Crippen molar-refractivity contribution in [3.05, 3.63) is 65.7 Å². The maximum atomic E-state index is 5.81. The lowest BCUT2D eigenvalue weighted by Gasteiger charge is -2.37. The highest BCUT2D eigenvalue weighted by molar-refractivity contribution is 5.51. The van der Waals surface area contributed by atoms with Gasteiger partial charge in [-0.05, 0) is 37.1 Å². The van der Waals surface area contributed by atoms with Crippen LogP contribution >= 0.6 is 0 Å². The van der Waals surface area contributed by atoms with Crippen LogP contribution in [0.4, 0.5) is 5.69 Å². The Hall–Kier alpha value is -2.24. The zero-order valence-corrected chi connectivity index (χ0v) is 13.8. The van der Waals surface area contributed by atoms with Crippen molar-refractivity contribution in [2.75, 3.05) is 18.0 Å². The highest BCUT2D eigenvalue weighted by Gasteiger charge is 2.22. The number of rotatable bonds is 3. The van der Waals surface area contributed by atoms with E-state index in [-0.39, 0.29) is 18.1 Å². The van der Waals surface area contributed by atoms with E-state index >= 15 is 0 Å². The lowest BCUT2D eigenvalue weighted by molar-refractivity contribution is -0.00521. The topological polar surface area (TPSA) is 12.5 Å². The van der Waals surface area contributed by atoms with Gasteiger partial charge in [-0.1, -0.05) is 48.4 Å². The molecule has 0 radical (unpaired) electrons. The van der Waals surface area contributed by atoms with Crippen LogP contribution in [0, 0.1) is 12.3 Å². The second-order valence-electron chi connectivity index (χ2n) is 6.26. The molecule has 1 heterocycles. The molecule has 0 aliphatic carbocycles. The summed E-state index contributed by atoms with van der Waals surface area (Å²) in [4.78, 5) is 2.38. The number of hydrogen-bond donors (Lipinski definition) is 0. The summed E-state index contributed by atoms with van der Waals surface area (Å²) in [6.45, 7) is 6.11. The van der Waals surface area contributed by atoms with E-state index in [9.17, 15) is 0 Å². The first-order valence-corrected chi connectivity index (χ1v) is 8.19. The molecule has 1 saturated heterocycles. The molecule has 0 N–H and O–H groups in total. The summed E-state index contributed by atoms with van der Waals surface area (Å²) in [5.74, 6) is 2.92. The highest BCUT2D eigenvalue weighted by Crippen LogP contribution is 2.27. The van der Waals surface area contributed by atoms with Crippen molar-refractivity contribution in [1.82, 2.24) is 0 Å². The van der Waals surface area contributed by atoms with Crippen molar-refractivity contribution in [3.8, 4) is 12.3 Å². The van der Waals surface area contributed by atoms with E-state index in [0.717, 1.165) is 24.2 Å². The molecule has 0 spiro atoms. The lowest BCUT2D eigenvalue weighted by Crippen LogP contribution is -2.45. The summed E-state index contributed by atoms with van der Waals surface area (Å²) in [5, 5.41) is 0. The van der Waals surface area contributed by atoms with Crippen LogP contribution in [-0.2, 0) is 4.74 Å². The van der Waals surface area contributed by atoms with Crippen molar-refractivity contribution in [2.45, 2.75) is 32.0 Å². The fourth-order valence-corrected chi connectivity index (χ4v) is 3.30. The first-order valence-electron chi connectivity index (χ1n) is 8.19. The number of benzene rings is 2. The Balaban J connectivity index is 1.80. The number of terminal acetylenes is 1. The highest BCUT2D eigenvalue weighted by atomic mass is 16.5. The minimum Gasteiger partial charge on any atom is -0.372 e. The van der Waals surface area contributed by atoms with Crippen LogP contribution in [-0.4, -0.2) is 25.3 Å². The molecule has 1 aliphatic rings. The van der Waals surface area contributed by atoms with Gasteiger partial charge in [0.1, 0.15) is 0 Å². The summed E-state index contributed by atoms with van der Waals surface area (Å²) in [5.41, 5.74) is 3.56. The van der Waals surface area contributed by atoms with Crippen molar-refractivity contribution in [3.63, 3.8) is 0 Å². The number of anilines is 1. The van der Waals surface area contributed by atoms with Gasteiger partial charge in [0.2, 0.25) is 0 Å². The molecule has 0 saturated carbocycles. The van der Waals surface area contributed by atoms with Crippen LogP contribution in [0.5, 0.6) is 0 Å². The molecular formula is C21H23NO. The minimum absolute atomic E-state index is 0.00721. The zero-order chi connectivity index (χ0) is 16.2. The van der Waals surface area contributed by atoms with Crippen molar-refractivity contribution in [1.29, 1.82) is 0 Å².